The molecule has 0 aliphatic rings. The van der Waals surface area contributed by atoms with Gasteiger partial charge in [0.1, 0.15) is 24.2 Å². The van der Waals surface area contributed by atoms with Gasteiger partial charge in [0.05, 0.1) is 12.7 Å². The summed E-state index contributed by atoms with van der Waals surface area (Å²) in [6, 6.07) is -5.44. The molecule has 14 nitrogen and oxygen atoms in total. The average molecular weight is 463 g/mol. The Labute approximate surface area is 185 Å². The summed E-state index contributed by atoms with van der Waals surface area (Å²) in [5.41, 5.74) is 16.1. The predicted molar refractivity (Wildman–Crippen MR) is 112 cm³/mol. The van der Waals surface area contributed by atoms with Crippen LogP contribution in [-0.4, -0.2) is 88.3 Å². The van der Waals surface area contributed by atoms with E-state index in [9.17, 15) is 29.1 Å². The smallest absolute Gasteiger partial charge is 0.328 e. The van der Waals surface area contributed by atoms with Gasteiger partial charge in [-0.1, -0.05) is 0 Å². The number of primary amides is 1. The first-order valence-corrected chi connectivity index (χ1v) is 10.1. The van der Waals surface area contributed by atoms with Gasteiger partial charge in [-0.25, -0.2) is 4.79 Å². The van der Waals surface area contributed by atoms with Gasteiger partial charge in [-0.05, 0) is 39.2 Å². The number of unbranched alkanes of at least 4 members (excludes halogenated alkanes) is 1. The normalized spacial score (nSPS) is 15.5. The third-order valence-corrected chi connectivity index (χ3v) is 4.51. The Kier molecular flexibility index (Phi) is 13.7. The number of carboxylic acids is 1. The number of hydrogen-bond acceptors (Lipinski definition) is 9. The second kappa shape index (κ2) is 15.1. The lowest BCUT2D eigenvalue weighted by Gasteiger charge is -2.25. The fourth-order valence-electron chi connectivity index (χ4n) is 2.53. The number of amides is 4. The number of nitrogens with one attached hydrogen (secondary N) is 3. The van der Waals surface area contributed by atoms with Gasteiger partial charge in [0.15, 0.2) is 0 Å². The fraction of sp³-hybridized carbons (Fsp3) is 0.722. The highest BCUT2D eigenvalue weighted by Gasteiger charge is 2.30. The summed E-state index contributed by atoms with van der Waals surface area (Å²) in [7, 11) is 0. The quantitative estimate of drug-likeness (QED) is 0.0994. The van der Waals surface area contributed by atoms with Crippen LogP contribution in [0.25, 0.3) is 0 Å². The first-order valence-electron chi connectivity index (χ1n) is 10.1. The van der Waals surface area contributed by atoms with Crippen LogP contribution in [0.1, 0.15) is 39.0 Å². The van der Waals surface area contributed by atoms with E-state index in [2.05, 4.69) is 16.0 Å². The van der Waals surface area contributed by atoms with Crippen molar-refractivity contribution in [1.29, 1.82) is 0 Å². The second-order valence-corrected chi connectivity index (χ2v) is 7.26. The van der Waals surface area contributed by atoms with E-state index in [0.717, 1.165) is 0 Å². The molecule has 0 spiro atoms. The molecule has 5 unspecified atom stereocenters. The lowest BCUT2D eigenvalue weighted by Crippen LogP contribution is -2.58. The van der Waals surface area contributed by atoms with Crippen molar-refractivity contribution < 1.29 is 39.3 Å². The van der Waals surface area contributed by atoms with E-state index < -0.39 is 66.5 Å². The van der Waals surface area contributed by atoms with Gasteiger partial charge < -0.3 is 48.5 Å². The Morgan fingerprint density at radius 2 is 1.38 bits per heavy atom. The molecular formula is C18H34N6O8. The van der Waals surface area contributed by atoms with Gasteiger partial charge in [0.2, 0.25) is 23.6 Å². The van der Waals surface area contributed by atoms with Crippen LogP contribution < -0.4 is 33.2 Å². The summed E-state index contributed by atoms with van der Waals surface area (Å²) in [4.78, 5) is 59.6. The van der Waals surface area contributed by atoms with Crippen LogP contribution in [0.2, 0.25) is 0 Å². The molecule has 5 atom stereocenters. The lowest BCUT2D eigenvalue weighted by molar-refractivity contribution is -0.143. The summed E-state index contributed by atoms with van der Waals surface area (Å²) >= 11 is 0. The molecule has 0 rings (SSSR count). The molecule has 0 fully saturated rings. The molecule has 32 heavy (non-hydrogen) atoms. The highest BCUT2D eigenvalue weighted by atomic mass is 16.4. The first kappa shape index (κ1) is 29.2. The van der Waals surface area contributed by atoms with Crippen molar-refractivity contribution in [3.05, 3.63) is 0 Å². The molecule has 14 heteroatoms. The molecule has 0 aromatic rings. The highest BCUT2D eigenvalue weighted by molar-refractivity contribution is 5.94. The summed E-state index contributed by atoms with van der Waals surface area (Å²) in [5.74, 6) is -4.77. The van der Waals surface area contributed by atoms with Crippen LogP contribution in [-0.2, 0) is 24.0 Å². The van der Waals surface area contributed by atoms with E-state index in [1.807, 2.05) is 0 Å². The van der Waals surface area contributed by atoms with Crippen molar-refractivity contribution in [2.45, 2.75) is 69.3 Å². The van der Waals surface area contributed by atoms with Crippen LogP contribution in [0.5, 0.6) is 0 Å². The molecule has 0 aromatic carbocycles. The molecule has 0 heterocycles. The predicted octanol–water partition coefficient (Wildman–Crippen LogP) is -4.38. The minimum absolute atomic E-state index is 0.0935. The van der Waals surface area contributed by atoms with Gasteiger partial charge in [-0.2, -0.15) is 0 Å². The highest BCUT2D eigenvalue weighted by Crippen LogP contribution is 2.05. The zero-order chi connectivity index (χ0) is 24.8. The zero-order valence-corrected chi connectivity index (χ0v) is 18.0. The molecule has 4 amide bonds. The van der Waals surface area contributed by atoms with E-state index in [-0.39, 0.29) is 19.3 Å². The number of aliphatic hydroxyl groups is 2. The Morgan fingerprint density at radius 3 is 1.81 bits per heavy atom. The third-order valence-electron chi connectivity index (χ3n) is 4.51. The largest absolute Gasteiger partial charge is 0.480 e. The molecule has 0 aromatic heterocycles. The molecular weight excluding hydrogens is 428 g/mol. The van der Waals surface area contributed by atoms with E-state index in [1.54, 1.807) is 0 Å². The number of carboxylic acid groups (broad SMARTS) is 1. The summed E-state index contributed by atoms with van der Waals surface area (Å²) in [5, 5.41) is 34.4. The summed E-state index contributed by atoms with van der Waals surface area (Å²) < 4.78 is 0. The van der Waals surface area contributed by atoms with Crippen molar-refractivity contribution in [2.75, 3.05) is 13.2 Å². The third kappa shape index (κ3) is 11.0. The van der Waals surface area contributed by atoms with Crippen molar-refractivity contribution in [1.82, 2.24) is 16.0 Å². The van der Waals surface area contributed by atoms with Crippen LogP contribution in [0.4, 0.5) is 0 Å². The minimum Gasteiger partial charge on any atom is -0.480 e. The van der Waals surface area contributed by atoms with E-state index in [1.165, 1.54) is 6.92 Å². The van der Waals surface area contributed by atoms with Crippen LogP contribution in [0.3, 0.4) is 0 Å². The van der Waals surface area contributed by atoms with Gasteiger partial charge >= 0.3 is 5.97 Å². The number of aliphatic carboxylic acids is 1. The summed E-state index contributed by atoms with van der Waals surface area (Å²) in [6.45, 7) is 0.741. The Balaban J connectivity index is 5.48. The first-order chi connectivity index (χ1) is 14.9. The maximum absolute atomic E-state index is 12.8. The zero-order valence-electron chi connectivity index (χ0n) is 18.0. The molecule has 0 aliphatic heterocycles. The van der Waals surface area contributed by atoms with Gasteiger partial charge in [0.25, 0.3) is 0 Å². The van der Waals surface area contributed by atoms with Crippen LogP contribution in [0.15, 0.2) is 0 Å². The number of carbonyl (C=O) groups excluding carboxylic acids is 4. The molecule has 0 bridgehead atoms. The van der Waals surface area contributed by atoms with Crippen LogP contribution >= 0.6 is 0 Å². The molecule has 0 radical (unpaired) electrons. The van der Waals surface area contributed by atoms with Crippen molar-refractivity contribution in [3.8, 4) is 0 Å². The monoisotopic (exact) mass is 462 g/mol. The lowest BCUT2D eigenvalue weighted by atomic mass is 10.0. The van der Waals surface area contributed by atoms with E-state index >= 15 is 0 Å². The Bertz CT molecular complexity index is 659. The SMILES string of the molecule is CC(O)C(N)C(=O)NC(CCC(N)=O)C(=O)NC(CCCCN)C(=O)NC(CO)C(=O)O. The number of hydrogen-bond donors (Lipinski definition) is 9. The Morgan fingerprint density at radius 1 is 0.875 bits per heavy atom. The molecule has 184 valence electrons. The average Bonchev–Trinajstić information content (AvgIpc) is 2.72. The number of carbonyl (C=O) groups is 5. The topological polar surface area (TPSA) is 260 Å². The minimum atomic E-state index is -1.58. The Hall–Kier alpha value is -2.81. The van der Waals surface area contributed by atoms with E-state index in [0.29, 0.717) is 19.4 Å². The molecule has 0 saturated heterocycles. The van der Waals surface area contributed by atoms with Gasteiger partial charge in [0, 0.05) is 6.42 Å². The number of aliphatic hydroxyl groups excluding tert-OH is 2. The maximum Gasteiger partial charge on any atom is 0.328 e. The van der Waals surface area contributed by atoms with Crippen molar-refractivity contribution >= 4 is 29.6 Å². The standard InChI is InChI=1S/C18H34N6O8/c1-9(26)14(21)17(30)23-11(5-6-13(20)27)16(29)22-10(4-2-3-7-19)15(28)24-12(8-25)18(31)32/h9-12,14,25-26H,2-8,19,21H2,1H3,(H2,20,27)(H,22,29)(H,23,30)(H,24,28)(H,31,32). The number of rotatable bonds is 16. The van der Waals surface area contributed by atoms with E-state index in [4.69, 9.17) is 27.4 Å². The molecule has 12 N–H and O–H groups in total. The van der Waals surface area contributed by atoms with Gasteiger partial charge in [-0.3, -0.25) is 19.2 Å². The fourth-order valence-corrected chi connectivity index (χ4v) is 2.53. The molecule has 0 saturated carbocycles. The molecule has 0 aliphatic carbocycles. The van der Waals surface area contributed by atoms with Crippen LogP contribution in [0, 0.1) is 0 Å². The van der Waals surface area contributed by atoms with Crippen molar-refractivity contribution in [3.63, 3.8) is 0 Å². The second-order valence-electron chi connectivity index (χ2n) is 7.26. The van der Waals surface area contributed by atoms with Gasteiger partial charge in [-0.15, -0.1) is 0 Å². The number of nitrogens with two attached hydrogens (primary N) is 3. The van der Waals surface area contributed by atoms with Crippen molar-refractivity contribution in [2.24, 2.45) is 17.2 Å². The summed E-state index contributed by atoms with van der Waals surface area (Å²) in [6.07, 6.45) is -0.653. The maximum atomic E-state index is 12.8.